The Morgan fingerprint density at radius 1 is 1.12 bits per heavy atom. The van der Waals surface area contributed by atoms with Crippen molar-refractivity contribution in [3.63, 3.8) is 0 Å². The normalized spacial score (nSPS) is 9.71. The van der Waals surface area contributed by atoms with Gasteiger partial charge in [-0.1, -0.05) is 11.6 Å². The van der Waals surface area contributed by atoms with Crippen LogP contribution in [0.4, 0.5) is 15.8 Å². The van der Waals surface area contributed by atoms with E-state index in [0.717, 1.165) is 5.69 Å². The fourth-order valence-electron chi connectivity index (χ4n) is 1.37. The van der Waals surface area contributed by atoms with Crippen LogP contribution >= 0.6 is 11.6 Å². The van der Waals surface area contributed by atoms with Crippen LogP contribution in [0.3, 0.4) is 0 Å². The fraction of sp³-hybridized carbons (Fsp3) is 0. The van der Waals surface area contributed by atoms with Gasteiger partial charge in [0.1, 0.15) is 5.82 Å². The van der Waals surface area contributed by atoms with E-state index >= 15 is 0 Å². The lowest BCUT2D eigenvalue weighted by molar-refractivity contribution is 0.628. The second-order valence-electron chi connectivity index (χ2n) is 3.44. The first-order valence-electron chi connectivity index (χ1n) is 4.91. The molecule has 0 saturated carbocycles. The number of halogens is 2. The standard InChI is InChI=1S/C13H8ClFN2/c14-12-7-9(8-16)1-6-13(12)17-11-4-2-10(15)3-5-11/h1-7,17H. The largest absolute Gasteiger partial charge is 0.354 e. The lowest BCUT2D eigenvalue weighted by atomic mass is 10.2. The van der Waals surface area contributed by atoms with E-state index < -0.39 is 0 Å². The van der Waals surface area contributed by atoms with Crippen LogP contribution in [0.25, 0.3) is 0 Å². The molecule has 0 fully saturated rings. The summed E-state index contributed by atoms with van der Waals surface area (Å²) in [4.78, 5) is 0. The molecule has 1 N–H and O–H groups in total. The highest BCUT2D eigenvalue weighted by Gasteiger charge is 2.02. The van der Waals surface area contributed by atoms with Crippen molar-refractivity contribution in [2.24, 2.45) is 0 Å². The van der Waals surface area contributed by atoms with Gasteiger partial charge in [-0.3, -0.25) is 0 Å². The third-order valence-corrected chi connectivity index (χ3v) is 2.53. The summed E-state index contributed by atoms with van der Waals surface area (Å²) in [5, 5.41) is 12.2. The Labute approximate surface area is 103 Å². The predicted molar refractivity (Wildman–Crippen MR) is 65.8 cm³/mol. The second-order valence-corrected chi connectivity index (χ2v) is 3.85. The smallest absolute Gasteiger partial charge is 0.123 e. The van der Waals surface area contributed by atoms with E-state index in [9.17, 15) is 4.39 Å². The molecule has 0 unspecified atom stereocenters. The van der Waals surface area contributed by atoms with E-state index in [2.05, 4.69) is 5.32 Å². The number of hydrogen-bond donors (Lipinski definition) is 1. The summed E-state index contributed by atoms with van der Waals surface area (Å²) in [5.74, 6) is -0.290. The summed E-state index contributed by atoms with van der Waals surface area (Å²) in [5.41, 5.74) is 1.91. The first-order valence-corrected chi connectivity index (χ1v) is 5.29. The molecule has 0 aliphatic rings. The average molecular weight is 247 g/mol. The monoisotopic (exact) mass is 246 g/mol. The second kappa shape index (κ2) is 4.86. The van der Waals surface area contributed by atoms with E-state index in [0.29, 0.717) is 16.3 Å². The molecule has 0 aliphatic heterocycles. The molecular weight excluding hydrogens is 239 g/mol. The third-order valence-electron chi connectivity index (χ3n) is 2.22. The minimum absolute atomic E-state index is 0.290. The molecule has 0 radical (unpaired) electrons. The molecule has 2 aromatic rings. The predicted octanol–water partition coefficient (Wildman–Crippen LogP) is 4.09. The number of hydrogen-bond acceptors (Lipinski definition) is 2. The Morgan fingerprint density at radius 2 is 1.82 bits per heavy atom. The molecule has 0 amide bonds. The van der Waals surface area contributed by atoms with Crippen LogP contribution < -0.4 is 5.32 Å². The first-order chi connectivity index (χ1) is 8.19. The molecule has 17 heavy (non-hydrogen) atoms. The van der Waals surface area contributed by atoms with Gasteiger partial charge in [0.05, 0.1) is 22.3 Å². The van der Waals surface area contributed by atoms with Crippen molar-refractivity contribution in [1.29, 1.82) is 5.26 Å². The molecule has 84 valence electrons. The summed E-state index contributed by atoms with van der Waals surface area (Å²) < 4.78 is 12.7. The molecule has 0 aliphatic carbocycles. The highest BCUT2D eigenvalue weighted by Crippen LogP contribution is 2.26. The lowest BCUT2D eigenvalue weighted by Crippen LogP contribution is -1.91. The Kier molecular flexibility index (Phi) is 3.27. The topological polar surface area (TPSA) is 35.8 Å². The van der Waals surface area contributed by atoms with E-state index in [1.807, 2.05) is 6.07 Å². The highest BCUT2D eigenvalue weighted by atomic mass is 35.5. The van der Waals surface area contributed by atoms with Gasteiger partial charge >= 0.3 is 0 Å². The SMILES string of the molecule is N#Cc1ccc(Nc2ccc(F)cc2)c(Cl)c1. The van der Waals surface area contributed by atoms with Crippen LogP contribution in [0, 0.1) is 17.1 Å². The maximum atomic E-state index is 12.7. The number of benzene rings is 2. The molecule has 2 rings (SSSR count). The zero-order chi connectivity index (χ0) is 12.3. The Balaban J connectivity index is 2.25. The Morgan fingerprint density at radius 3 is 2.41 bits per heavy atom. The maximum absolute atomic E-state index is 12.7. The van der Waals surface area contributed by atoms with E-state index in [-0.39, 0.29) is 5.82 Å². The first kappa shape index (κ1) is 11.4. The van der Waals surface area contributed by atoms with Gasteiger partial charge in [-0.15, -0.1) is 0 Å². The summed E-state index contributed by atoms with van der Waals surface area (Å²) in [6.07, 6.45) is 0. The molecule has 0 saturated heterocycles. The van der Waals surface area contributed by atoms with Crippen molar-refractivity contribution >= 4 is 23.0 Å². The van der Waals surface area contributed by atoms with Crippen LogP contribution in [0.1, 0.15) is 5.56 Å². The minimum atomic E-state index is -0.290. The lowest BCUT2D eigenvalue weighted by Gasteiger charge is -2.08. The quantitative estimate of drug-likeness (QED) is 0.866. The molecule has 2 nitrogen and oxygen atoms in total. The summed E-state index contributed by atoms with van der Waals surface area (Å²) in [6, 6.07) is 12.9. The summed E-state index contributed by atoms with van der Waals surface area (Å²) in [7, 11) is 0. The average Bonchev–Trinajstić information content (AvgIpc) is 2.34. The minimum Gasteiger partial charge on any atom is -0.354 e. The maximum Gasteiger partial charge on any atom is 0.123 e. The van der Waals surface area contributed by atoms with E-state index in [1.165, 1.54) is 12.1 Å². The van der Waals surface area contributed by atoms with Gasteiger partial charge in [0.2, 0.25) is 0 Å². The van der Waals surface area contributed by atoms with Crippen molar-refractivity contribution < 1.29 is 4.39 Å². The van der Waals surface area contributed by atoms with Crippen molar-refractivity contribution in [3.8, 4) is 6.07 Å². The number of anilines is 2. The van der Waals surface area contributed by atoms with Gasteiger partial charge in [-0.2, -0.15) is 5.26 Å². The van der Waals surface area contributed by atoms with Crippen LogP contribution in [-0.4, -0.2) is 0 Å². The van der Waals surface area contributed by atoms with Crippen molar-refractivity contribution in [2.45, 2.75) is 0 Å². The van der Waals surface area contributed by atoms with E-state index in [1.54, 1.807) is 30.3 Å². The Bertz CT molecular complexity index is 573. The number of rotatable bonds is 2. The molecule has 2 aromatic carbocycles. The number of nitriles is 1. The van der Waals surface area contributed by atoms with E-state index in [4.69, 9.17) is 16.9 Å². The molecular formula is C13H8ClFN2. The zero-order valence-corrected chi connectivity index (χ0v) is 9.50. The molecule has 0 heterocycles. The van der Waals surface area contributed by atoms with Gasteiger partial charge in [-0.05, 0) is 42.5 Å². The van der Waals surface area contributed by atoms with Gasteiger partial charge in [-0.25, -0.2) is 4.39 Å². The summed E-state index contributed by atoms with van der Waals surface area (Å²) in [6.45, 7) is 0. The van der Waals surface area contributed by atoms with Crippen LogP contribution in [0.15, 0.2) is 42.5 Å². The number of nitrogens with one attached hydrogen (secondary N) is 1. The fourth-order valence-corrected chi connectivity index (χ4v) is 1.60. The molecule has 0 atom stereocenters. The van der Waals surface area contributed by atoms with Crippen molar-refractivity contribution in [3.05, 3.63) is 58.9 Å². The van der Waals surface area contributed by atoms with Gasteiger partial charge in [0.25, 0.3) is 0 Å². The molecule has 0 aromatic heterocycles. The van der Waals surface area contributed by atoms with Crippen molar-refractivity contribution in [1.82, 2.24) is 0 Å². The molecule has 0 bridgehead atoms. The van der Waals surface area contributed by atoms with Crippen molar-refractivity contribution in [2.75, 3.05) is 5.32 Å². The van der Waals surface area contributed by atoms with Gasteiger partial charge in [0, 0.05) is 5.69 Å². The number of nitrogens with zero attached hydrogens (tertiary/aromatic N) is 1. The Hall–Kier alpha value is -2.05. The van der Waals surface area contributed by atoms with Gasteiger partial charge < -0.3 is 5.32 Å². The highest BCUT2D eigenvalue weighted by molar-refractivity contribution is 6.33. The zero-order valence-electron chi connectivity index (χ0n) is 8.74. The third kappa shape index (κ3) is 2.74. The summed E-state index contributed by atoms with van der Waals surface area (Å²) >= 11 is 6.00. The van der Waals surface area contributed by atoms with Crippen LogP contribution in [0.2, 0.25) is 5.02 Å². The van der Waals surface area contributed by atoms with Gasteiger partial charge in [0.15, 0.2) is 0 Å². The van der Waals surface area contributed by atoms with Crippen LogP contribution in [0.5, 0.6) is 0 Å². The molecule has 0 spiro atoms. The van der Waals surface area contributed by atoms with Crippen LogP contribution in [-0.2, 0) is 0 Å². The molecule has 4 heteroatoms.